The second-order valence-electron chi connectivity index (χ2n) is 6.43. The lowest BCUT2D eigenvalue weighted by atomic mass is 10.0. The number of aromatic amines is 1. The van der Waals surface area contributed by atoms with Crippen molar-refractivity contribution in [2.45, 2.75) is 39.7 Å². The predicted octanol–water partition coefficient (Wildman–Crippen LogP) is 1.60. The molecule has 0 aliphatic carbocycles. The summed E-state index contributed by atoms with van der Waals surface area (Å²) in [7, 11) is 0. The van der Waals surface area contributed by atoms with Gasteiger partial charge in [-0.25, -0.2) is 4.79 Å². The van der Waals surface area contributed by atoms with Crippen LogP contribution in [0.1, 0.15) is 49.3 Å². The van der Waals surface area contributed by atoms with Crippen molar-refractivity contribution < 1.29 is 4.79 Å². The molecule has 3 rings (SSSR count). The van der Waals surface area contributed by atoms with Gasteiger partial charge in [0.1, 0.15) is 4.88 Å². The number of hydrogen-bond donors (Lipinski definition) is 1. The van der Waals surface area contributed by atoms with Crippen LogP contribution in [0.5, 0.6) is 0 Å². The molecule has 124 valence electrons. The first-order valence-electron chi connectivity index (χ1n) is 7.83. The molecular formula is C15H20N4O3S. The number of hydrogen-bond acceptors (Lipinski definition) is 5. The van der Waals surface area contributed by atoms with Gasteiger partial charge in [0.25, 0.3) is 11.5 Å². The summed E-state index contributed by atoms with van der Waals surface area (Å²) in [5.74, 6) is 0.311. The summed E-state index contributed by atoms with van der Waals surface area (Å²) < 4.78 is 5.25. The summed E-state index contributed by atoms with van der Waals surface area (Å²) in [6.07, 6.45) is 2.09. The minimum Gasteiger partial charge on any atom is -0.338 e. The van der Waals surface area contributed by atoms with E-state index < -0.39 is 11.2 Å². The van der Waals surface area contributed by atoms with E-state index >= 15 is 0 Å². The Hall–Kier alpha value is -1.96. The van der Waals surface area contributed by atoms with Crippen LogP contribution in [-0.2, 0) is 0 Å². The van der Waals surface area contributed by atoms with Gasteiger partial charge in [-0.3, -0.25) is 14.2 Å². The fraction of sp³-hybridized carbons (Fsp3) is 0.600. The molecule has 1 atom stereocenters. The highest BCUT2D eigenvalue weighted by atomic mass is 32.1. The molecule has 7 nitrogen and oxygen atoms in total. The van der Waals surface area contributed by atoms with Crippen molar-refractivity contribution in [2.24, 2.45) is 5.92 Å². The lowest BCUT2D eigenvalue weighted by molar-refractivity contribution is 0.0689. The standard InChI is InChI=1S/C15H20N4O3S/c1-8(2)19-13(20)11-10(16-15(19)22)12(23-17-11)14(21)18-6-4-5-9(3)7-18/h8-9H,4-7H2,1-3H3,(H,16,22). The zero-order valence-corrected chi connectivity index (χ0v) is 14.3. The second kappa shape index (κ2) is 5.92. The van der Waals surface area contributed by atoms with Crippen molar-refractivity contribution in [3.8, 4) is 0 Å². The monoisotopic (exact) mass is 336 g/mol. The van der Waals surface area contributed by atoms with Gasteiger partial charge in [0, 0.05) is 19.1 Å². The first-order valence-corrected chi connectivity index (χ1v) is 8.61. The number of H-pyrrole nitrogens is 1. The van der Waals surface area contributed by atoms with Gasteiger partial charge in [-0.05, 0) is 44.1 Å². The van der Waals surface area contributed by atoms with Gasteiger partial charge in [0.15, 0.2) is 5.52 Å². The van der Waals surface area contributed by atoms with Crippen molar-refractivity contribution in [3.63, 3.8) is 0 Å². The van der Waals surface area contributed by atoms with E-state index in [1.54, 1.807) is 18.7 Å². The van der Waals surface area contributed by atoms with Crippen LogP contribution >= 0.6 is 11.5 Å². The van der Waals surface area contributed by atoms with Crippen LogP contribution in [0.4, 0.5) is 0 Å². The summed E-state index contributed by atoms with van der Waals surface area (Å²) in [6, 6.07) is -0.264. The molecule has 3 heterocycles. The Labute approximate surface area is 137 Å². The topological polar surface area (TPSA) is 88.1 Å². The Morgan fingerprint density at radius 3 is 2.78 bits per heavy atom. The summed E-state index contributed by atoms with van der Waals surface area (Å²) >= 11 is 0.984. The van der Waals surface area contributed by atoms with Crippen LogP contribution in [0.2, 0.25) is 0 Å². The third-order valence-corrected chi connectivity index (χ3v) is 5.05. The molecule has 1 N–H and O–H groups in total. The van der Waals surface area contributed by atoms with Gasteiger partial charge in [-0.1, -0.05) is 6.92 Å². The van der Waals surface area contributed by atoms with E-state index in [0.29, 0.717) is 23.9 Å². The Bertz CT molecular complexity index is 864. The minimum absolute atomic E-state index is 0.151. The highest BCUT2D eigenvalue weighted by Gasteiger charge is 2.27. The molecular weight excluding hydrogens is 316 g/mol. The van der Waals surface area contributed by atoms with Crippen molar-refractivity contribution >= 4 is 28.5 Å². The maximum atomic E-state index is 12.7. The van der Waals surface area contributed by atoms with Crippen LogP contribution in [0.25, 0.3) is 11.0 Å². The quantitative estimate of drug-likeness (QED) is 0.902. The van der Waals surface area contributed by atoms with Gasteiger partial charge >= 0.3 is 5.69 Å². The number of nitrogens with one attached hydrogen (secondary N) is 1. The van der Waals surface area contributed by atoms with Crippen LogP contribution < -0.4 is 11.2 Å². The number of fused-ring (bicyclic) bond motifs is 1. The molecule has 1 aliphatic rings. The number of likely N-dealkylation sites (tertiary alicyclic amines) is 1. The summed E-state index contributed by atoms with van der Waals surface area (Å²) in [4.78, 5) is 42.1. The third kappa shape index (κ3) is 2.71. The maximum absolute atomic E-state index is 12.7. The molecule has 0 saturated carbocycles. The SMILES string of the molecule is CC1CCCN(C(=O)c2snc3c(=O)n(C(C)C)c(=O)[nH]c23)C1. The molecule has 1 unspecified atom stereocenters. The van der Waals surface area contributed by atoms with Crippen LogP contribution in [0, 0.1) is 5.92 Å². The molecule has 0 spiro atoms. The van der Waals surface area contributed by atoms with Gasteiger partial charge in [-0.15, -0.1) is 0 Å². The zero-order chi connectivity index (χ0) is 16.7. The Morgan fingerprint density at radius 1 is 1.39 bits per heavy atom. The smallest absolute Gasteiger partial charge is 0.329 e. The summed E-state index contributed by atoms with van der Waals surface area (Å²) in [6.45, 7) is 7.04. The lowest BCUT2D eigenvalue weighted by Gasteiger charge is -2.30. The number of carbonyl (C=O) groups excluding carboxylic acids is 1. The first-order chi connectivity index (χ1) is 10.9. The van der Waals surface area contributed by atoms with Crippen molar-refractivity contribution in [1.29, 1.82) is 0 Å². The highest BCUT2D eigenvalue weighted by Crippen LogP contribution is 2.23. The number of nitrogens with zero attached hydrogens (tertiary/aromatic N) is 3. The van der Waals surface area contributed by atoms with Gasteiger partial charge in [0.2, 0.25) is 0 Å². The Balaban J connectivity index is 2.08. The number of amides is 1. The molecule has 8 heteroatoms. The molecule has 0 radical (unpaired) electrons. The predicted molar refractivity (Wildman–Crippen MR) is 89.2 cm³/mol. The molecule has 2 aromatic heterocycles. The number of piperidine rings is 1. The fourth-order valence-electron chi connectivity index (χ4n) is 3.06. The van der Waals surface area contributed by atoms with Crippen molar-refractivity contribution in [2.75, 3.05) is 13.1 Å². The normalized spacial score (nSPS) is 18.8. The zero-order valence-electron chi connectivity index (χ0n) is 13.5. The molecule has 23 heavy (non-hydrogen) atoms. The molecule has 1 fully saturated rings. The van der Waals surface area contributed by atoms with E-state index in [4.69, 9.17) is 0 Å². The highest BCUT2D eigenvalue weighted by molar-refractivity contribution is 7.09. The molecule has 1 amide bonds. The van der Waals surface area contributed by atoms with Crippen molar-refractivity contribution in [3.05, 3.63) is 25.7 Å². The van der Waals surface area contributed by atoms with E-state index in [-0.39, 0.29) is 23.0 Å². The molecule has 1 aliphatic heterocycles. The maximum Gasteiger partial charge on any atom is 0.329 e. The molecule has 0 aromatic carbocycles. The first kappa shape index (κ1) is 15.9. The lowest BCUT2D eigenvalue weighted by Crippen LogP contribution is -2.39. The van der Waals surface area contributed by atoms with E-state index in [1.807, 2.05) is 0 Å². The van der Waals surface area contributed by atoms with Crippen molar-refractivity contribution in [1.82, 2.24) is 18.8 Å². The van der Waals surface area contributed by atoms with Crippen LogP contribution in [-0.4, -0.2) is 37.8 Å². The van der Waals surface area contributed by atoms with E-state index in [2.05, 4.69) is 16.3 Å². The van der Waals surface area contributed by atoms with Crippen LogP contribution in [0.15, 0.2) is 9.59 Å². The van der Waals surface area contributed by atoms with E-state index in [9.17, 15) is 14.4 Å². The Kier molecular flexibility index (Phi) is 4.09. The molecule has 0 bridgehead atoms. The summed E-state index contributed by atoms with van der Waals surface area (Å²) in [5.41, 5.74) is -0.512. The number of carbonyl (C=O) groups is 1. The van der Waals surface area contributed by atoms with E-state index in [0.717, 1.165) is 28.9 Å². The molecule has 1 saturated heterocycles. The minimum atomic E-state index is -0.501. The fourth-order valence-corrected chi connectivity index (χ4v) is 3.86. The Morgan fingerprint density at radius 2 is 2.13 bits per heavy atom. The number of aromatic nitrogens is 3. The van der Waals surface area contributed by atoms with Gasteiger partial charge < -0.3 is 9.88 Å². The third-order valence-electron chi connectivity index (χ3n) is 4.22. The average molecular weight is 336 g/mol. The summed E-state index contributed by atoms with van der Waals surface area (Å²) in [5, 5.41) is 0. The van der Waals surface area contributed by atoms with Crippen LogP contribution in [0.3, 0.4) is 0 Å². The average Bonchev–Trinajstić information content (AvgIpc) is 2.90. The largest absolute Gasteiger partial charge is 0.338 e. The van der Waals surface area contributed by atoms with E-state index in [1.165, 1.54) is 0 Å². The van der Waals surface area contributed by atoms with Gasteiger partial charge in [0.05, 0.1) is 5.52 Å². The second-order valence-corrected chi connectivity index (χ2v) is 7.21. The molecule has 2 aromatic rings. The van der Waals surface area contributed by atoms with Gasteiger partial charge in [-0.2, -0.15) is 4.37 Å². The number of rotatable bonds is 2.